The van der Waals surface area contributed by atoms with Gasteiger partial charge in [-0.15, -0.1) is 0 Å². The molecule has 0 saturated heterocycles. The fourth-order valence-corrected chi connectivity index (χ4v) is 2.15. The number of nitrogens with one attached hydrogen (secondary N) is 1. The van der Waals surface area contributed by atoms with Crippen molar-refractivity contribution in [1.82, 2.24) is 5.32 Å². The topological polar surface area (TPSA) is 47.3 Å². The van der Waals surface area contributed by atoms with Crippen LogP contribution in [-0.4, -0.2) is 26.7 Å². The van der Waals surface area contributed by atoms with Crippen molar-refractivity contribution in [3.05, 3.63) is 28.8 Å². The summed E-state index contributed by atoms with van der Waals surface area (Å²) in [5.74, 6) is 1.59. The fourth-order valence-electron chi connectivity index (χ4n) is 2.15. The minimum absolute atomic E-state index is 0.609. The van der Waals surface area contributed by atoms with Gasteiger partial charge in [0.2, 0.25) is 0 Å². The van der Waals surface area contributed by atoms with Crippen LogP contribution < -0.4 is 15.8 Å². The molecule has 1 unspecified atom stereocenters. The molecule has 0 bridgehead atoms. The van der Waals surface area contributed by atoms with Crippen molar-refractivity contribution in [3.63, 3.8) is 0 Å². The lowest BCUT2D eigenvalue weighted by molar-refractivity contribution is 0.411. The number of benzene rings is 1. The van der Waals surface area contributed by atoms with Crippen LogP contribution in [0.15, 0.2) is 12.1 Å². The summed E-state index contributed by atoms with van der Waals surface area (Å²) in [7, 11) is 1.72. The Morgan fingerprint density at radius 1 is 1.21 bits per heavy atom. The van der Waals surface area contributed by atoms with Gasteiger partial charge in [0.1, 0.15) is 5.75 Å². The molecule has 0 heterocycles. The van der Waals surface area contributed by atoms with Gasteiger partial charge < -0.3 is 15.8 Å². The summed E-state index contributed by atoms with van der Waals surface area (Å²) >= 11 is 0. The van der Waals surface area contributed by atoms with Gasteiger partial charge in [-0.25, -0.2) is 0 Å². The van der Waals surface area contributed by atoms with E-state index in [1.807, 2.05) is 0 Å². The van der Waals surface area contributed by atoms with Gasteiger partial charge in [-0.1, -0.05) is 13.0 Å². The first-order valence-corrected chi connectivity index (χ1v) is 7.13. The molecule has 19 heavy (non-hydrogen) atoms. The van der Waals surface area contributed by atoms with Gasteiger partial charge in [-0.3, -0.25) is 0 Å². The van der Waals surface area contributed by atoms with E-state index in [0.717, 1.165) is 38.2 Å². The van der Waals surface area contributed by atoms with Crippen molar-refractivity contribution in [2.45, 2.75) is 33.6 Å². The van der Waals surface area contributed by atoms with Crippen LogP contribution in [0.1, 0.15) is 30.0 Å². The number of rotatable bonds is 8. The lowest BCUT2D eigenvalue weighted by atomic mass is 10.0. The maximum Gasteiger partial charge on any atom is 0.122 e. The van der Waals surface area contributed by atoms with E-state index in [4.69, 9.17) is 10.5 Å². The Balaban J connectivity index is 2.39. The Bertz CT molecular complexity index is 391. The highest BCUT2D eigenvalue weighted by atomic mass is 16.5. The number of hydrogen-bond acceptors (Lipinski definition) is 3. The highest BCUT2D eigenvalue weighted by molar-refractivity contribution is 5.41. The Morgan fingerprint density at radius 2 is 1.95 bits per heavy atom. The highest BCUT2D eigenvalue weighted by Crippen LogP contribution is 2.22. The number of nitrogens with two attached hydrogens (primary N) is 1. The van der Waals surface area contributed by atoms with E-state index < -0.39 is 0 Å². The van der Waals surface area contributed by atoms with Crippen molar-refractivity contribution >= 4 is 0 Å². The Hall–Kier alpha value is -1.06. The summed E-state index contributed by atoms with van der Waals surface area (Å²) in [4.78, 5) is 0. The maximum absolute atomic E-state index is 5.60. The van der Waals surface area contributed by atoms with Crippen LogP contribution in [0.25, 0.3) is 0 Å². The van der Waals surface area contributed by atoms with Gasteiger partial charge in [0.05, 0.1) is 7.11 Å². The van der Waals surface area contributed by atoms with Crippen molar-refractivity contribution in [1.29, 1.82) is 0 Å². The molecular formula is C16H28N2O. The second-order valence-corrected chi connectivity index (χ2v) is 5.38. The molecule has 108 valence electrons. The second-order valence-electron chi connectivity index (χ2n) is 5.38. The number of ether oxygens (including phenoxy) is 1. The van der Waals surface area contributed by atoms with Crippen molar-refractivity contribution in [3.8, 4) is 5.75 Å². The van der Waals surface area contributed by atoms with E-state index in [2.05, 4.69) is 38.2 Å². The maximum atomic E-state index is 5.60. The molecule has 0 saturated carbocycles. The molecule has 0 aromatic heterocycles. The molecule has 1 atom stereocenters. The zero-order valence-electron chi connectivity index (χ0n) is 12.8. The summed E-state index contributed by atoms with van der Waals surface area (Å²) in [5.41, 5.74) is 9.52. The molecule has 1 rings (SSSR count). The summed E-state index contributed by atoms with van der Waals surface area (Å²) in [6.07, 6.45) is 2.21. The molecule has 3 N–H and O–H groups in total. The SMILES string of the molecule is COc1cc(C)c(CCNCCC(C)CN)cc1C. The molecule has 0 spiro atoms. The van der Waals surface area contributed by atoms with Gasteiger partial charge >= 0.3 is 0 Å². The van der Waals surface area contributed by atoms with E-state index in [9.17, 15) is 0 Å². The third kappa shape index (κ3) is 5.21. The number of aryl methyl sites for hydroxylation is 2. The summed E-state index contributed by atoms with van der Waals surface area (Å²) < 4.78 is 5.34. The Morgan fingerprint density at radius 3 is 2.58 bits per heavy atom. The first-order chi connectivity index (χ1) is 9.08. The lowest BCUT2D eigenvalue weighted by Gasteiger charge is -2.12. The largest absolute Gasteiger partial charge is 0.496 e. The molecule has 0 radical (unpaired) electrons. The zero-order valence-corrected chi connectivity index (χ0v) is 12.8. The summed E-state index contributed by atoms with van der Waals surface area (Å²) in [6.45, 7) is 9.28. The molecule has 0 aliphatic carbocycles. The van der Waals surface area contributed by atoms with E-state index in [1.165, 1.54) is 16.7 Å². The molecule has 1 aromatic rings. The molecule has 3 heteroatoms. The average Bonchev–Trinajstić information content (AvgIpc) is 2.41. The second kappa shape index (κ2) is 8.18. The van der Waals surface area contributed by atoms with Crippen molar-refractivity contribution in [2.75, 3.05) is 26.7 Å². The Kier molecular flexibility index (Phi) is 6.89. The monoisotopic (exact) mass is 264 g/mol. The summed E-state index contributed by atoms with van der Waals surface area (Å²) in [5, 5.41) is 3.49. The van der Waals surface area contributed by atoms with Crippen LogP contribution in [0.5, 0.6) is 5.75 Å². The smallest absolute Gasteiger partial charge is 0.122 e. The van der Waals surface area contributed by atoms with Crippen LogP contribution in [0, 0.1) is 19.8 Å². The fraction of sp³-hybridized carbons (Fsp3) is 0.625. The van der Waals surface area contributed by atoms with Gasteiger partial charge in [0.25, 0.3) is 0 Å². The van der Waals surface area contributed by atoms with Crippen LogP contribution >= 0.6 is 0 Å². The molecule has 3 nitrogen and oxygen atoms in total. The van der Waals surface area contributed by atoms with Crippen molar-refractivity contribution in [2.24, 2.45) is 11.7 Å². The first kappa shape index (κ1) is 16.0. The molecular weight excluding hydrogens is 236 g/mol. The van der Waals surface area contributed by atoms with E-state index in [0.29, 0.717) is 5.92 Å². The van der Waals surface area contributed by atoms with Crippen LogP contribution in [0.3, 0.4) is 0 Å². The predicted molar refractivity (Wildman–Crippen MR) is 81.9 cm³/mol. The van der Waals surface area contributed by atoms with E-state index in [1.54, 1.807) is 7.11 Å². The van der Waals surface area contributed by atoms with Gasteiger partial charge in [0, 0.05) is 0 Å². The van der Waals surface area contributed by atoms with Gasteiger partial charge in [-0.05, 0) is 75.0 Å². The lowest BCUT2D eigenvalue weighted by Crippen LogP contribution is -2.22. The third-order valence-corrected chi connectivity index (χ3v) is 3.64. The minimum Gasteiger partial charge on any atom is -0.496 e. The molecule has 1 aromatic carbocycles. The van der Waals surface area contributed by atoms with Crippen LogP contribution in [0.4, 0.5) is 0 Å². The van der Waals surface area contributed by atoms with Crippen LogP contribution in [-0.2, 0) is 6.42 Å². The first-order valence-electron chi connectivity index (χ1n) is 7.13. The van der Waals surface area contributed by atoms with E-state index in [-0.39, 0.29) is 0 Å². The minimum atomic E-state index is 0.609. The van der Waals surface area contributed by atoms with Gasteiger partial charge in [0.15, 0.2) is 0 Å². The van der Waals surface area contributed by atoms with E-state index >= 15 is 0 Å². The predicted octanol–water partition coefficient (Wildman–Crippen LogP) is 2.43. The van der Waals surface area contributed by atoms with Gasteiger partial charge in [-0.2, -0.15) is 0 Å². The number of methoxy groups -OCH3 is 1. The summed E-state index contributed by atoms with van der Waals surface area (Å²) in [6, 6.07) is 4.36. The standard InChI is InChI=1S/C16H28N2O/c1-12(11-17)5-7-18-8-6-15-9-14(3)16(19-4)10-13(15)2/h9-10,12,18H,5-8,11,17H2,1-4H3. The molecule has 0 aliphatic heterocycles. The third-order valence-electron chi connectivity index (χ3n) is 3.64. The number of hydrogen-bond donors (Lipinski definition) is 2. The quantitative estimate of drug-likeness (QED) is 0.709. The van der Waals surface area contributed by atoms with Crippen molar-refractivity contribution < 1.29 is 4.74 Å². The van der Waals surface area contributed by atoms with Crippen LogP contribution in [0.2, 0.25) is 0 Å². The molecule has 0 amide bonds. The average molecular weight is 264 g/mol. The molecule has 0 fully saturated rings. The highest BCUT2D eigenvalue weighted by Gasteiger charge is 2.05. The normalized spacial score (nSPS) is 12.5. The Labute approximate surface area is 117 Å². The molecule has 0 aliphatic rings. The zero-order chi connectivity index (χ0) is 14.3.